The molecule has 0 fully saturated rings. The Morgan fingerprint density at radius 2 is 2.24 bits per heavy atom. The van der Waals surface area contributed by atoms with E-state index in [4.69, 9.17) is 10.5 Å². The van der Waals surface area contributed by atoms with E-state index in [1.165, 1.54) is 17.3 Å². The number of rotatable bonds is 5. The standard InChI is InChI=1S/C9H13N7O/c1-2-3-4-17-9-14-7(10)13-8(15-9)16-6-11-5-12-16/h5-6H,2-4H2,1H3,(H2,10,13,14,15). The summed E-state index contributed by atoms with van der Waals surface area (Å²) >= 11 is 0. The summed E-state index contributed by atoms with van der Waals surface area (Å²) < 4.78 is 6.76. The van der Waals surface area contributed by atoms with Crippen molar-refractivity contribution in [3.05, 3.63) is 12.7 Å². The van der Waals surface area contributed by atoms with E-state index in [2.05, 4.69) is 32.0 Å². The van der Waals surface area contributed by atoms with Crippen LogP contribution in [0.4, 0.5) is 5.95 Å². The number of anilines is 1. The highest BCUT2D eigenvalue weighted by Crippen LogP contribution is 2.08. The zero-order chi connectivity index (χ0) is 12.1. The minimum atomic E-state index is 0.0944. The summed E-state index contributed by atoms with van der Waals surface area (Å²) in [6, 6.07) is 0.205. The lowest BCUT2D eigenvalue weighted by Crippen LogP contribution is -2.10. The van der Waals surface area contributed by atoms with Crippen molar-refractivity contribution < 1.29 is 4.74 Å². The van der Waals surface area contributed by atoms with Gasteiger partial charge in [-0.15, -0.1) is 0 Å². The van der Waals surface area contributed by atoms with Crippen LogP contribution in [-0.4, -0.2) is 36.3 Å². The molecule has 0 aliphatic rings. The molecule has 2 heterocycles. The zero-order valence-electron chi connectivity index (χ0n) is 9.44. The molecule has 0 amide bonds. The summed E-state index contributed by atoms with van der Waals surface area (Å²) in [5.74, 6) is 0.387. The van der Waals surface area contributed by atoms with Gasteiger partial charge in [-0.05, 0) is 6.42 Å². The molecule has 0 saturated carbocycles. The van der Waals surface area contributed by atoms with Gasteiger partial charge in [0, 0.05) is 0 Å². The maximum Gasteiger partial charge on any atom is 0.323 e. The molecule has 0 saturated heterocycles. The predicted molar refractivity (Wildman–Crippen MR) is 59.6 cm³/mol. The highest BCUT2D eigenvalue weighted by molar-refractivity contribution is 5.23. The average molecular weight is 235 g/mol. The van der Waals surface area contributed by atoms with Gasteiger partial charge >= 0.3 is 6.01 Å². The first-order valence-corrected chi connectivity index (χ1v) is 5.29. The Morgan fingerprint density at radius 3 is 2.94 bits per heavy atom. The number of nitrogens with two attached hydrogens (primary N) is 1. The Hall–Kier alpha value is -2.25. The molecule has 2 aromatic rings. The fourth-order valence-electron chi connectivity index (χ4n) is 1.15. The van der Waals surface area contributed by atoms with E-state index >= 15 is 0 Å². The minimum Gasteiger partial charge on any atom is -0.463 e. The van der Waals surface area contributed by atoms with Crippen molar-refractivity contribution in [2.45, 2.75) is 19.8 Å². The Morgan fingerprint density at radius 1 is 1.35 bits per heavy atom. The van der Waals surface area contributed by atoms with Gasteiger partial charge in [0.15, 0.2) is 0 Å². The van der Waals surface area contributed by atoms with Crippen LogP contribution in [0.3, 0.4) is 0 Å². The lowest BCUT2D eigenvalue weighted by Gasteiger charge is -2.05. The van der Waals surface area contributed by atoms with E-state index in [1.54, 1.807) is 0 Å². The Bertz CT molecular complexity index is 470. The fraction of sp³-hybridized carbons (Fsp3) is 0.444. The number of nitrogen functional groups attached to an aromatic ring is 1. The van der Waals surface area contributed by atoms with Gasteiger partial charge in [-0.3, -0.25) is 0 Å². The molecule has 0 aromatic carbocycles. The molecule has 0 spiro atoms. The molecule has 0 aliphatic carbocycles. The predicted octanol–water partition coefficient (Wildman–Crippen LogP) is 0.213. The van der Waals surface area contributed by atoms with Crippen LogP contribution >= 0.6 is 0 Å². The Kier molecular flexibility index (Phi) is 3.43. The molecule has 0 aliphatic heterocycles. The van der Waals surface area contributed by atoms with Gasteiger partial charge in [0.05, 0.1) is 6.61 Å². The molecule has 90 valence electrons. The van der Waals surface area contributed by atoms with E-state index in [1.807, 2.05) is 0 Å². The van der Waals surface area contributed by atoms with Crippen LogP contribution in [0.15, 0.2) is 12.7 Å². The smallest absolute Gasteiger partial charge is 0.323 e. The number of nitrogens with zero attached hydrogens (tertiary/aromatic N) is 6. The first-order valence-electron chi connectivity index (χ1n) is 5.29. The van der Waals surface area contributed by atoms with E-state index in [0.29, 0.717) is 12.6 Å². The largest absolute Gasteiger partial charge is 0.463 e. The van der Waals surface area contributed by atoms with E-state index < -0.39 is 0 Å². The van der Waals surface area contributed by atoms with Crippen molar-refractivity contribution in [2.75, 3.05) is 12.3 Å². The normalized spacial score (nSPS) is 10.4. The van der Waals surface area contributed by atoms with Crippen molar-refractivity contribution in [3.8, 4) is 12.0 Å². The van der Waals surface area contributed by atoms with E-state index in [0.717, 1.165) is 12.8 Å². The van der Waals surface area contributed by atoms with E-state index in [9.17, 15) is 0 Å². The molecule has 2 N–H and O–H groups in total. The lowest BCUT2D eigenvalue weighted by atomic mass is 10.4. The SMILES string of the molecule is CCCCOc1nc(N)nc(-n2cncn2)n1. The Balaban J connectivity index is 2.18. The summed E-state index contributed by atoms with van der Waals surface area (Å²) in [6.45, 7) is 2.63. The number of ether oxygens (including phenoxy) is 1. The maximum absolute atomic E-state index is 5.57. The Labute approximate surface area is 97.9 Å². The molecule has 17 heavy (non-hydrogen) atoms. The molecule has 0 atom stereocenters. The molecule has 2 rings (SSSR count). The lowest BCUT2D eigenvalue weighted by molar-refractivity contribution is 0.284. The topological polar surface area (TPSA) is 105 Å². The third kappa shape index (κ3) is 2.86. The van der Waals surface area contributed by atoms with Gasteiger partial charge in [-0.25, -0.2) is 4.98 Å². The number of hydrogen-bond donors (Lipinski definition) is 1. The summed E-state index contributed by atoms with van der Waals surface area (Å²) in [5, 5.41) is 3.91. The summed E-state index contributed by atoms with van der Waals surface area (Å²) in [7, 11) is 0. The molecule has 0 bridgehead atoms. The van der Waals surface area contributed by atoms with Crippen molar-refractivity contribution in [1.29, 1.82) is 0 Å². The first-order chi connectivity index (χ1) is 8.29. The van der Waals surface area contributed by atoms with Crippen molar-refractivity contribution in [1.82, 2.24) is 29.7 Å². The molecular formula is C9H13N7O. The second-order valence-corrected chi connectivity index (χ2v) is 3.32. The van der Waals surface area contributed by atoms with Crippen LogP contribution in [0.5, 0.6) is 6.01 Å². The highest BCUT2D eigenvalue weighted by Gasteiger charge is 2.07. The first kappa shape index (κ1) is 11.2. The van der Waals surface area contributed by atoms with Crippen molar-refractivity contribution >= 4 is 5.95 Å². The van der Waals surface area contributed by atoms with Crippen LogP contribution in [-0.2, 0) is 0 Å². The third-order valence-electron chi connectivity index (χ3n) is 1.97. The van der Waals surface area contributed by atoms with Gasteiger partial charge in [0.2, 0.25) is 5.95 Å². The quantitative estimate of drug-likeness (QED) is 0.738. The van der Waals surface area contributed by atoms with Crippen molar-refractivity contribution in [2.24, 2.45) is 0 Å². The summed E-state index contributed by atoms with van der Waals surface area (Å²) in [4.78, 5) is 15.7. The monoisotopic (exact) mass is 235 g/mol. The second kappa shape index (κ2) is 5.19. The second-order valence-electron chi connectivity index (χ2n) is 3.32. The van der Waals surface area contributed by atoms with Gasteiger partial charge in [-0.1, -0.05) is 13.3 Å². The number of hydrogen-bond acceptors (Lipinski definition) is 7. The summed E-state index contributed by atoms with van der Waals surface area (Å²) in [6.07, 6.45) is 4.84. The van der Waals surface area contributed by atoms with Gasteiger partial charge < -0.3 is 10.5 Å². The minimum absolute atomic E-state index is 0.0944. The van der Waals surface area contributed by atoms with Gasteiger partial charge in [0.25, 0.3) is 5.95 Å². The molecular weight excluding hydrogens is 222 g/mol. The highest BCUT2D eigenvalue weighted by atomic mass is 16.5. The molecule has 2 aromatic heterocycles. The summed E-state index contributed by atoms with van der Waals surface area (Å²) in [5.41, 5.74) is 5.57. The van der Waals surface area contributed by atoms with Crippen molar-refractivity contribution in [3.63, 3.8) is 0 Å². The zero-order valence-corrected chi connectivity index (χ0v) is 9.44. The fourth-order valence-corrected chi connectivity index (χ4v) is 1.15. The number of unbranched alkanes of at least 4 members (excludes halogenated alkanes) is 1. The van der Waals surface area contributed by atoms with Crippen LogP contribution in [0.2, 0.25) is 0 Å². The van der Waals surface area contributed by atoms with Crippen LogP contribution in [0, 0.1) is 0 Å². The van der Waals surface area contributed by atoms with Crippen LogP contribution < -0.4 is 10.5 Å². The molecule has 8 heteroatoms. The van der Waals surface area contributed by atoms with Crippen LogP contribution in [0.25, 0.3) is 5.95 Å². The third-order valence-corrected chi connectivity index (χ3v) is 1.97. The van der Waals surface area contributed by atoms with Gasteiger partial charge in [0.1, 0.15) is 12.7 Å². The molecule has 8 nitrogen and oxygen atoms in total. The van der Waals surface area contributed by atoms with E-state index in [-0.39, 0.29) is 12.0 Å². The molecule has 0 radical (unpaired) electrons. The molecule has 0 unspecified atom stereocenters. The average Bonchev–Trinajstić information content (AvgIpc) is 2.82. The number of aromatic nitrogens is 6. The van der Waals surface area contributed by atoms with Crippen LogP contribution in [0.1, 0.15) is 19.8 Å². The van der Waals surface area contributed by atoms with Gasteiger partial charge in [-0.2, -0.15) is 24.7 Å². The maximum atomic E-state index is 5.57.